The van der Waals surface area contributed by atoms with E-state index >= 15 is 0 Å². The molecule has 0 spiro atoms. The van der Waals surface area contributed by atoms with E-state index in [-0.39, 0.29) is 30.9 Å². The first kappa shape index (κ1) is 30.5. The number of rotatable bonds is 9. The van der Waals surface area contributed by atoms with Crippen LogP contribution < -0.4 is 11.1 Å². The molecule has 5 atom stereocenters. The van der Waals surface area contributed by atoms with Gasteiger partial charge in [-0.3, -0.25) is 0 Å². The smallest absolute Gasteiger partial charge is 0.0307 e. The molecule has 5 heteroatoms. The Morgan fingerprint density at radius 3 is 2.54 bits per heavy atom. The van der Waals surface area contributed by atoms with Crippen LogP contribution in [0.5, 0.6) is 0 Å². The van der Waals surface area contributed by atoms with Gasteiger partial charge in [-0.25, -0.2) is 0 Å². The number of nitrogens with two attached hydrogens (primary N) is 1. The summed E-state index contributed by atoms with van der Waals surface area (Å²) in [5.74, 6) is 1.54. The first-order valence-electron chi connectivity index (χ1n) is 13.2. The van der Waals surface area contributed by atoms with Gasteiger partial charge < -0.3 is 11.1 Å². The molecule has 2 aliphatic rings. The summed E-state index contributed by atoms with van der Waals surface area (Å²) in [7, 11) is 0. The van der Waals surface area contributed by atoms with Crippen molar-refractivity contribution in [1.29, 1.82) is 0 Å². The highest BCUT2D eigenvalue weighted by atomic mass is 35.5. The average Bonchev–Trinajstić information content (AvgIpc) is 2.83. The maximum atomic E-state index is 6.52. The standard InChI is InChI=1S/C30H44N2S.2ClH/c1-5-7-22-9-15-27-24(20-22)12-16-28-26(8-6-18-30(27,28)3)21(2)32-19-17-29(31)23-10-13-25(33-4)14-11-23;;/h9-11,13-15,20-21,26,28-29,32H,5-8,12,16-19,31H2,1-4H3;2*1H. The Morgan fingerprint density at radius 2 is 1.86 bits per heavy atom. The van der Waals surface area contributed by atoms with Gasteiger partial charge in [-0.05, 0) is 110 Å². The van der Waals surface area contributed by atoms with Crippen molar-refractivity contribution in [2.45, 2.75) is 94.5 Å². The SMILES string of the molecule is CCCc1ccc2c(c1)CCC1C(C(C)NCCC(N)c3ccc(SC)cc3)CCCC21C.Cl.Cl. The van der Waals surface area contributed by atoms with Gasteiger partial charge >= 0.3 is 0 Å². The molecule has 2 aromatic carbocycles. The van der Waals surface area contributed by atoms with E-state index in [1.54, 1.807) is 22.9 Å². The van der Waals surface area contributed by atoms with Crippen LogP contribution in [0.15, 0.2) is 47.4 Å². The van der Waals surface area contributed by atoms with E-state index in [1.165, 1.54) is 61.0 Å². The lowest BCUT2D eigenvalue weighted by Gasteiger charge is -2.52. The molecule has 0 amide bonds. The third kappa shape index (κ3) is 6.79. The molecule has 0 radical (unpaired) electrons. The minimum atomic E-state index is 0. The molecule has 0 heterocycles. The van der Waals surface area contributed by atoms with Gasteiger partial charge in [0.15, 0.2) is 0 Å². The van der Waals surface area contributed by atoms with Crippen molar-refractivity contribution in [3.63, 3.8) is 0 Å². The highest BCUT2D eigenvalue weighted by Crippen LogP contribution is 2.53. The number of nitrogens with one attached hydrogen (secondary N) is 1. The fourth-order valence-electron chi connectivity index (χ4n) is 6.83. The van der Waals surface area contributed by atoms with E-state index in [1.807, 2.05) is 0 Å². The summed E-state index contributed by atoms with van der Waals surface area (Å²) in [5, 5.41) is 3.89. The average molecular weight is 538 g/mol. The Kier molecular flexibility index (Phi) is 12.0. The van der Waals surface area contributed by atoms with E-state index < -0.39 is 0 Å². The molecule has 0 aromatic heterocycles. The first-order chi connectivity index (χ1) is 16.0. The molecule has 0 saturated heterocycles. The van der Waals surface area contributed by atoms with Crippen LogP contribution in [0.1, 0.15) is 87.6 Å². The van der Waals surface area contributed by atoms with Gasteiger partial charge in [-0.2, -0.15) is 0 Å². The van der Waals surface area contributed by atoms with Crippen molar-refractivity contribution >= 4 is 36.6 Å². The molecule has 2 aliphatic carbocycles. The quantitative estimate of drug-likeness (QED) is 0.320. The van der Waals surface area contributed by atoms with Crippen LogP contribution in [-0.4, -0.2) is 18.8 Å². The zero-order chi connectivity index (χ0) is 23.4. The van der Waals surface area contributed by atoms with Crippen molar-refractivity contribution in [1.82, 2.24) is 5.32 Å². The van der Waals surface area contributed by atoms with Gasteiger partial charge in [0, 0.05) is 17.0 Å². The normalized spacial score (nSPS) is 24.8. The zero-order valence-corrected chi connectivity index (χ0v) is 24.5. The summed E-state index contributed by atoms with van der Waals surface area (Å²) in [6, 6.07) is 16.8. The summed E-state index contributed by atoms with van der Waals surface area (Å²) in [6.07, 6.45) is 12.2. The molecule has 35 heavy (non-hydrogen) atoms. The van der Waals surface area contributed by atoms with Crippen LogP contribution in [0.3, 0.4) is 0 Å². The van der Waals surface area contributed by atoms with Crippen LogP contribution in [0.4, 0.5) is 0 Å². The Hall–Kier alpha value is -0.710. The number of benzene rings is 2. The van der Waals surface area contributed by atoms with Gasteiger partial charge in [-0.1, -0.05) is 57.0 Å². The highest BCUT2D eigenvalue weighted by molar-refractivity contribution is 7.98. The minimum absolute atomic E-state index is 0. The Morgan fingerprint density at radius 1 is 1.11 bits per heavy atom. The maximum Gasteiger partial charge on any atom is 0.0307 e. The topological polar surface area (TPSA) is 38.0 Å². The molecule has 196 valence electrons. The van der Waals surface area contributed by atoms with E-state index in [2.05, 4.69) is 74.8 Å². The lowest BCUT2D eigenvalue weighted by Crippen LogP contribution is -2.50. The van der Waals surface area contributed by atoms with Crippen molar-refractivity contribution in [3.05, 3.63) is 64.7 Å². The molecule has 1 saturated carbocycles. The van der Waals surface area contributed by atoms with Crippen LogP contribution in [0.25, 0.3) is 0 Å². The number of aryl methyl sites for hydroxylation is 2. The minimum Gasteiger partial charge on any atom is -0.324 e. The second kappa shape index (κ2) is 13.7. The first-order valence-corrected chi connectivity index (χ1v) is 14.4. The zero-order valence-electron chi connectivity index (χ0n) is 22.0. The molecule has 3 N–H and O–H groups in total. The van der Waals surface area contributed by atoms with E-state index in [0.29, 0.717) is 11.5 Å². The summed E-state index contributed by atoms with van der Waals surface area (Å²) in [5.41, 5.74) is 12.9. The second-order valence-corrected chi connectivity index (χ2v) is 11.7. The van der Waals surface area contributed by atoms with Gasteiger partial charge in [-0.15, -0.1) is 36.6 Å². The number of halogens is 2. The van der Waals surface area contributed by atoms with E-state index in [4.69, 9.17) is 5.73 Å². The fourth-order valence-corrected chi connectivity index (χ4v) is 7.24. The van der Waals surface area contributed by atoms with E-state index in [9.17, 15) is 0 Å². The number of hydrogen-bond acceptors (Lipinski definition) is 3. The summed E-state index contributed by atoms with van der Waals surface area (Å²) in [4.78, 5) is 1.30. The predicted octanol–water partition coefficient (Wildman–Crippen LogP) is 7.89. The molecule has 2 aromatic rings. The Bertz CT molecular complexity index is 919. The van der Waals surface area contributed by atoms with Crippen LogP contribution in [0.2, 0.25) is 0 Å². The monoisotopic (exact) mass is 536 g/mol. The number of fused-ring (bicyclic) bond motifs is 3. The van der Waals surface area contributed by atoms with Crippen LogP contribution in [0, 0.1) is 11.8 Å². The molecule has 1 fully saturated rings. The molecule has 4 rings (SSSR count). The molecule has 5 unspecified atom stereocenters. The Balaban J connectivity index is 0.00000216. The molecule has 0 aliphatic heterocycles. The molecular weight excluding hydrogens is 491 g/mol. The highest BCUT2D eigenvalue weighted by Gasteiger charge is 2.47. The second-order valence-electron chi connectivity index (χ2n) is 10.8. The number of thioether (sulfide) groups is 1. The van der Waals surface area contributed by atoms with Crippen LogP contribution >= 0.6 is 36.6 Å². The lowest BCUT2D eigenvalue weighted by molar-refractivity contribution is 0.0828. The molecule has 0 bridgehead atoms. The van der Waals surface area contributed by atoms with Crippen molar-refractivity contribution in [2.75, 3.05) is 12.8 Å². The van der Waals surface area contributed by atoms with Gasteiger partial charge in [0.1, 0.15) is 0 Å². The van der Waals surface area contributed by atoms with Crippen molar-refractivity contribution in [3.8, 4) is 0 Å². The van der Waals surface area contributed by atoms with E-state index in [0.717, 1.165) is 24.8 Å². The van der Waals surface area contributed by atoms with Gasteiger partial charge in [0.05, 0.1) is 0 Å². The molecule has 2 nitrogen and oxygen atoms in total. The molecular formula is C30H46Cl2N2S. The lowest BCUT2D eigenvalue weighted by atomic mass is 9.53. The fraction of sp³-hybridized carbons (Fsp3) is 0.600. The number of hydrogen-bond donors (Lipinski definition) is 2. The van der Waals surface area contributed by atoms with Gasteiger partial charge in [0.25, 0.3) is 0 Å². The van der Waals surface area contributed by atoms with Crippen LogP contribution in [-0.2, 0) is 18.3 Å². The predicted molar refractivity (Wildman–Crippen MR) is 159 cm³/mol. The van der Waals surface area contributed by atoms with Crippen molar-refractivity contribution < 1.29 is 0 Å². The Labute approximate surface area is 230 Å². The van der Waals surface area contributed by atoms with Gasteiger partial charge in [0.2, 0.25) is 0 Å². The third-order valence-corrected chi connectivity index (χ3v) is 9.47. The maximum absolute atomic E-state index is 6.52. The largest absolute Gasteiger partial charge is 0.324 e. The third-order valence-electron chi connectivity index (χ3n) is 8.72. The summed E-state index contributed by atoms with van der Waals surface area (Å²) < 4.78 is 0. The van der Waals surface area contributed by atoms with Crippen molar-refractivity contribution in [2.24, 2.45) is 17.6 Å². The summed E-state index contributed by atoms with van der Waals surface area (Å²) in [6.45, 7) is 8.27. The summed E-state index contributed by atoms with van der Waals surface area (Å²) >= 11 is 1.78.